The molecule has 166 valence electrons. The van der Waals surface area contributed by atoms with Crippen LogP contribution in [0.1, 0.15) is 29.1 Å². The second-order valence-electron chi connectivity index (χ2n) is 6.15. The Balaban J connectivity index is 1.78. The lowest BCUT2D eigenvalue weighted by Gasteiger charge is -2.19. The number of amides is 1. The molecule has 0 aliphatic heterocycles. The third-order valence-corrected chi connectivity index (χ3v) is 9.43. The SMILES string of the molecule is CCN(CC)S(=O)(=O)c1ccc(OC)c(C(=O)Nc2nnc(SCc3cccs3)s2)c1. The summed E-state index contributed by atoms with van der Waals surface area (Å²) in [5.41, 5.74) is 0.110. The molecule has 12 heteroatoms. The van der Waals surface area contributed by atoms with Crippen molar-refractivity contribution in [1.82, 2.24) is 14.5 Å². The van der Waals surface area contributed by atoms with Crippen molar-refractivity contribution in [2.75, 3.05) is 25.5 Å². The number of hydrogen-bond donors (Lipinski definition) is 1. The molecule has 0 fully saturated rings. The van der Waals surface area contributed by atoms with Gasteiger partial charge in [0.1, 0.15) is 5.75 Å². The third-order valence-electron chi connectivity index (χ3n) is 4.30. The molecule has 31 heavy (non-hydrogen) atoms. The summed E-state index contributed by atoms with van der Waals surface area (Å²) in [7, 11) is -2.28. The number of hydrogen-bond acceptors (Lipinski definition) is 9. The molecule has 1 aromatic carbocycles. The highest BCUT2D eigenvalue weighted by atomic mass is 32.2. The highest BCUT2D eigenvalue weighted by molar-refractivity contribution is 8.00. The molecule has 1 amide bonds. The lowest BCUT2D eigenvalue weighted by molar-refractivity contribution is 0.102. The van der Waals surface area contributed by atoms with E-state index in [4.69, 9.17) is 4.74 Å². The van der Waals surface area contributed by atoms with E-state index in [1.807, 2.05) is 17.5 Å². The maximum atomic E-state index is 12.9. The first kappa shape index (κ1) is 23.7. The smallest absolute Gasteiger partial charge is 0.261 e. The molecule has 8 nitrogen and oxygen atoms in total. The molecule has 0 saturated carbocycles. The van der Waals surface area contributed by atoms with Gasteiger partial charge in [0, 0.05) is 23.7 Å². The molecule has 3 rings (SSSR count). The number of rotatable bonds is 10. The van der Waals surface area contributed by atoms with Gasteiger partial charge in [0.2, 0.25) is 15.2 Å². The Kier molecular flexibility index (Phi) is 8.06. The highest BCUT2D eigenvalue weighted by Gasteiger charge is 2.25. The number of ether oxygens (including phenoxy) is 1. The van der Waals surface area contributed by atoms with Gasteiger partial charge in [-0.15, -0.1) is 21.5 Å². The summed E-state index contributed by atoms with van der Waals surface area (Å²) in [4.78, 5) is 14.1. The number of nitrogens with zero attached hydrogens (tertiary/aromatic N) is 3. The minimum Gasteiger partial charge on any atom is -0.496 e. The second kappa shape index (κ2) is 10.6. The van der Waals surface area contributed by atoms with Crippen molar-refractivity contribution in [2.45, 2.75) is 28.8 Å². The fourth-order valence-corrected chi connectivity index (χ4v) is 6.75. The molecule has 3 aromatic rings. The van der Waals surface area contributed by atoms with Gasteiger partial charge in [-0.05, 0) is 29.6 Å². The highest BCUT2D eigenvalue weighted by Crippen LogP contribution is 2.31. The number of thioether (sulfide) groups is 1. The normalized spacial score (nSPS) is 11.6. The maximum absolute atomic E-state index is 12.9. The predicted molar refractivity (Wildman–Crippen MR) is 125 cm³/mol. The van der Waals surface area contributed by atoms with Crippen LogP contribution in [0.4, 0.5) is 5.13 Å². The number of aromatic nitrogens is 2. The van der Waals surface area contributed by atoms with Gasteiger partial charge in [-0.1, -0.05) is 43.0 Å². The van der Waals surface area contributed by atoms with Crippen molar-refractivity contribution >= 4 is 55.5 Å². The lowest BCUT2D eigenvalue weighted by atomic mass is 10.2. The first-order valence-electron chi connectivity index (χ1n) is 9.37. The fraction of sp³-hybridized carbons (Fsp3) is 0.316. The molecule has 2 aromatic heterocycles. The quantitative estimate of drug-likeness (QED) is 0.330. The standard InChI is InChI=1S/C19H22N4O4S4/c1-4-23(5-2)31(25,26)14-8-9-16(27-3)15(11-14)17(24)20-18-21-22-19(30-18)29-12-13-7-6-10-28-13/h6-11H,4-5,12H2,1-3H3,(H,20,21,24). The number of benzene rings is 1. The average Bonchev–Trinajstić information content (AvgIpc) is 3.44. The van der Waals surface area contributed by atoms with E-state index in [1.165, 1.54) is 57.6 Å². The van der Waals surface area contributed by atoms with E-state index in [2.05, 4.69) is 15.5 Å². The molecule has 0 aliphatic carbocycles. The van der Waals surface area contributed by atoms with Gasteiger partial charge in [-0.25, -0.2) is 8.42 Å². The molecule has 0 aliphatic rings. The number of sulfonamides is 1. The monoisotopic (exact) mass is 498 g/mol. The number of carbonyl (C=O) groups is 1. The van der Waals surface area contributed by atoms with Crippen molar-refractivity contribution in [3.63, 3.8) is 0 Å². The Morgan fingerprint density at radius 1 is 1.23 bits per heavy atom. The van der Waals surface area contributed by atoms with Crippen LogP contribution in [0.3, 0.4) is 0 Å². The van der Waals surface area contributed by atoms with Gasteiger partial charge >= 0.3 is 0 Å². The molecule has 1 N–H and O–H groups in total. The fourth-order valence-electron chi connectivity index (χ4n) is 2.75. The van der Waals surface area contributed by atoms with E-state index < -0.39 is 15.9 Å². The average molecular weight is 499 g/mol. The molecule has 0 spiro atoms. The minimum atomic E-state index is -3.71. The number of nitrogens with one attached hydrogen (secondary N) is 1. The predicted octanol–water partition coefficient (Wildman–Crippen LogP) is 4.18. The zero-order valence-corrected chi connectivity index (χ0v) is 20.5. The number of thiophene rings is 1. The number of methoxy groups -OCH3 is 1. The molecule has 0 radical (unpaired) electrons. The summed E-state index contributed by atoms with van der Waals surface area (Å²) in [6.45, 7) is 4.20. The Morgan fingerprint density at radius 3 is 2.65 bits per heavy atom. The van der Waals surface area contributed by atoms with E-state index in [-0.39, 0.29) is 16.2 Å². The summed E-state index contributed by atoms with van der Waals surface area (Å²) in [5.74, 6) is 0.534. The lowest BCUT2D eigenvalue weighted by Crippen LogP contribution is -2.30. The van der Waals surface area contributed by atoms with Crippen LogP contribution in [0.15, 0.2) is 44.9 Å². The van der Waals surface area contributed by atoms with Crippen LogP contribution in [0.2, 0.25) is 0 Å². The summed E-state index contributed by atoms with van der Waals surface area (Å²) in [6.07, 6.45) is 0. The molecular formula is C19H22N4O4S4. The van der Waals surface area contributed by atoms with Crippen molar-refractivity contribution < 1.29 is 17.9 Å². The maximum Gasteiger partial charge on any atom is 0.261 e. The molecule has 0 atom stereocenters. The van der Waals surface area contributed by atoms with Crippen LogP contribution < -0.4 is 10.1 Å². The zero-order valence-electron chi connectivity index (χ0n) is 17.2. The van der Waals surface area contributed by atoms with E-state index in [0.29, 0.717) is 18.2 Å². The van der Waals surface area contributed by atoms with E-state index in [1.54, 1.807) is 25.2 Å². The summed E-state index contributed by atoms with van der Waals surface area (Å²) < 4.78 is 33.0. The van der Waals surface area contributed by atoms with E-state index in [9.17, 15) is 13.2 Å². The molecule has 0 bridgehead atoms. The van der Waals surface area contributed by atoms with E-state index >= 15 is 0 Å². The van der Waals surface area contributed by atoms with Gasteiger partial charge in [0.05, 0.1) is 17.6 Å². The Labute approximate surface area is 193 Å². The van der Waals surface area contributed by atoms with Crippen molar-refractivity contribution in [3.8, 4) is 5.75 Å². The second-order valence-corrected chi connectivity index (χ2v) is 11.3. The Bertz CT molecular complexity index is 1130. The van der Waals surface area contributed by atoms with Crippen LogP contribution in [-0.4, -0.2) is 49.0 Å². The summed E-state index contributed by atoms with van der Waals surface area (Å²) in [6, 6.07) is 8.29. The van der Waals surface area contributed by atoms with Crippen LogP contribution in [0.25, 0.3) is 0 Å². The zero-order chi connectivity index (χ0) is 22.4. The topological polar surface area (TPSA) is 101 Å². The Hall–Kier alpha value is -1.99. The third kappa shape index (κ3) is 5.63. The van der Waals surface area contributed by atoms with Gasteiger partial charge in [-0.3, -0.25) is 10.1 Å². The van der Waals surface area contributed by atoms with Crippen molar-refractivity contribution in [3.05, 3.63) is 46.2 Å². The van der Waals surface area contributed by atoms with Crippen LogP contribution in [0.5, 0.6) is 5.75 Å². The first-order chi connectivity index (χ1) is 14.9. The molecular weight excluding hydrogens is 477 g/mol. The molecule has 0 unspecified atom stereocenters. The molecule has 2 heterocycles. The Morgan fingerprint density at radius 2 is 2.00 bits per heavy atom. The summed E-state index contributed by atoms with van der Waals surface area (Å²) in [5, 5.41) is 13.1. The van der Waals surface area contributed by atoms with Crippen LogP contribution >= 0.6 is 34.4 Å². The van der Waals surface area contributed by atoms with Crippen LogP contribution in [-0.2, 0) is 15.8 Å². The minimum absolute atomic E-state index is 0.0339. The summed E-state index contributed by atoms with van der Waals surface area (Å²) >= 11 is 4.47. The number of carbonyl (C=O) groups excluding carboxylic acids is 1. The van der Waals surface area contributed by atoms with Gasteiger partial charge in [0.15, 0.2) is 4.34 Å². The molecule has 0 saturated heterocycles. The first-order valence-corrected chi connectivity index (χ1v) is 13.5. The van der Waals surface area contributed by atoms with Gasteiger partial charge in [-0.2, -0.15) is 4.31 Å². The van der Waals surface area contributed by atoms with Crippen molar-refractivity contribution in [2.24, 2.45) is 0 Å². The van der Waals surface area contributed by atoms with Crippen LogP contribution in [0, 0.1) is 0 Å². The van der Waals surface area contributed by atoms with E-state index in [0.717, 1.165) is 10.1 Å². The number of anilines is 1. The van der Waals surface area contributed by atoms with Crippen molar-refractivity contribution in [1.29, 1.82) is 0 Å². The van der Waals surface area contributed by atoms with Gasteiger partial charge < -0.3 is 4.74 Å². The van der Waals surface area contributed by atoms with Gasteiger partial charge in [0.25, 0.3) is 5.91 Å². The largest absolute Gasteiger partial charge is 0.496 e.